The number of nitrogens with zero attached hydrogens (tertiary/aromatic N) is 2. The van der Waals surface area contributed by atoms with Crippen molar-refractivity contribution in [2.75, 3.05) is 7.05 Å². The van der Waals surface area contributed by atoms with Crippen LogP contribution in [0.3, 0.4) is 0 Å². The lowest BCUT2D eigenvalue weighted by Crippen LogP contribution is -2.63. The molecule has 0 aromatic carbocycles. The first kappa shape index (κ1) is 22.1. The zero-order chi connectivity index (χ0) is 22.0. The third-order valence-corrected chi connectivity index (χ3v) is 10.2. The maximum absolute atomic E-state index is 13.5. The van der Waals surface area contributed by atoms with Gasteiger partial charge in [-0.25, -0.2) is 0 Å². The first-order valence-electron chi connectivity index (χ1n) is 12.6. The maximum Gasteiger partial charge on any atom is 0.226 e. The number of hydrogen-bond donors (Lipinski definition) is 0. The Labute approximate surface area is 184 Å². The SMILES string of the molecule is CC(C)N(C(=O)[C@@H]1CC2CCC3C(CC[C@@]4(C)C3CCC(=O)N4C)[C@@]2(C)C1)C(C)C. The monoisotopic (exact) mass is 416 g/mol. The van der Waals surface area contributed by atoms with Crippen LogP contribution in [0.2, 0.25) is 0 Å². The Hall–Kier alpha value is -1.06. The van der Waals surface area contributed by atoms with Crippen molar-refractivity contribution < 1.29 is 9.59 Å². The van der Waals surface area contributed by atoms with Gasteiger partial charge in [-0.05, 0) is 109 Å². The summed E-state index contributed by atoms with van der Waals surface area (Å²) < 4.78 is 0. The normalized spacial score (nSPS) is 43.4. The highest BCUT2D eigenvalue weighted by atomic mass is 16.2. The Morgan fingerprint density at radius 3 is 2.33 bits per heavy atom. The quantitative estimate of drug-likeness (QED) is 0.641. The van der Waals surface area contributed by atoms with Gasteiger partial charge in [0.25, 0.3) is 0 Å². The Kier molecular flexibility index (Phi) is 5.55. The van der Waals surface area contributed by atoms with Crippen LogP contribution in [0.1, 0.15) is 92.9 Å². The van der Waals surface area contributed by atoms with Gasteiger partial charge in [0.15, 0.2) is 0 Å². The summed E-state index contributed by atoms with van der Waals surface area (Å²) >= 11 is 0. The molecule has 0 spiro atoms. The zero-order valence-corrected chi connectivity index (χ0v) is 20.4. The molecule has 0 radical (unpaired) electrons. The molecule has 0 bridgehead atoms. The van der Waals surface area contributed by atoms with Crippen molar-refractivity contribution in [1.29, 1.82) is 0 Å². The molecule has 4 nitrogen and oxygen atoms in total. The van der Waals surface area contributed by atoms with E-state index in [4.69, 9.17) is 0 Å². The van der Waals surface area contributed by atoms with Gasteiger partial charge < -0.3 is 9.80 Å². The summed E-state index contributed by atoms with van der Waals surface area (Å²) in [6.45, 7) is 13.5. The van der Waals surface area contributed by atoms with E-state index in [-0.39, 0.29) is 23.5 Å². The fourth-order valence-corrected chi connectivity index (χ4v) is 8.68. The average molecular weight is 417 g/mol. The van der Waals surface area contributed by atoms with Crippen LogP contribution in [-0.2, 0) is 9.59 Å². The lowest BCUT2D eigenvalue weighted by atomic mass is 9.48. The number of fused-ring (bicyclic) bond motifs is 5. The van der Waals surface area contributed by atoms with Gasteiger partial charge in [0.2, 0.25) is 11.8 Å². The van der Waals surface area contributed by atoms with Crippen LogP contribution in [0.15, 0.2) is 0 Å². The van der Waals surface area contributed by atoms with Crippen molar-refractivity contribution >= 4 is 11.8 Å². The topological polar surface area (TPSA) is 40.6 Å². The van der Waals surface area contributed by atoms with Crippen molar-refractivity contribution in [1.82, 2.24) is 9.80 Å². The molecule has 1 saturated heterocycles. The van der Waals surface area contributed by atoms with Crippen LogP contribution in [0.5, 0.6) is 0 Å². The van der Waals surface area contributed by atoms with Crippen molar-refractivity contribution in [3.05, 3.63) is 0 Å². The Morgan fingerprint density at radius 2 is 1.70 bits per heavy atom. The number of likely N-dealkylation sites (tertiary alicyclic amines) is 1. The van der Waals surface area contributed by atoms with E-state index in [0.717, 1.165) is 43.9 Å². The van der Waals surface area contributed by atoms with Gasteiger partial charge in [-0.3, -0.25) is 9.59 Å². The Morgan fingerprint density at radius 1 is 1.03 bits per heavy atom. The van der Waals surface area contributed by atoms with Crippen LogP contribution in [0, 0.1) is 35.0 Å². The molecule has 0 aromatic heterocycles. The number of carbonyl (C=O) groups is 2. The lowest BCUT2D eigenvalue weighted by Gasteiger charge is -2.61. The minimum Gasteiger partial charge on any atom is -0.340 e. The van der Waals surface area contributed by atoms with Gasteiger partial charge in [0, 0.05) is 37.0 Å². The Balaban J connectivity index is 1.56. The molecule has 4 rings (SSSR count). The molecule has 0 aromatic rings. The van der Waals surface area contributed by atoms with Gasteiger partial charge in [0.1, 0.15) is 0 Å². The first-order chi connectivity index (χ1) is 14.0. The predicted octanol–water partition coefficient (Wildman–Crippen LogP) is 5.11. The molecule has 4 heteroatoms. The molecule has 1 aliphatic heterocycles. The predicted molar refractivity (Wildman–Crippen MR) is 121 cm³/mol. The number of hydrogen-bond acceptors (Lipinski definition) is 2. The second kappa shape index (κ2) is 7.52. The van der Waals surface area contributed by atoms with E-state index in [2.05, 4.69) is 51.3 Å². The molecule has 3 saturated carbocycles. The van der Waals surface area contributed by atoms with E-state index >= 15 is 0 Å². The first-order valence-corrected chi connectivity index (χ1v) is 12.6. The minimum absolute atomic E-state index is 0.0413. The molecule has 4 fully saturated rings. The molecule has 170 valence electrons. The molecule has 2 amide bonds. The number of rotatable bonds is 3. The third kappa shape index (κ3) is 3.14. The summed E-state index contributed by atoms with van der Waals surface area (Å²) in [7, 11) is 2.04. The fourth-order valence-electron chi connectivity index (χ4n) is 8.68. The summed E-state index contributed by atoms with van der Waals surface area (Å²) in [5.41, 5.74) is 0.337. The van der Waals surface area contributed by atoms with E-state index in [1.807, 2.05) is 7.05 Å². The summed E-state index contributed by atoms with van der Waals surface area (Å²) in [6, 6.07) is 0.540. The number of amides is 2. The van der Waals surface area contributed by atoms with E-state index in [1.54, 1.807) is 0 Å². The molecule has 4 aliphatic rings. The van der Waals surface area contributed by atoms with Gasteiger partial charge >= 0.3 is 0 Å². The van der Waals surface area contributed by atoms with Crippen LogP contribution in [0.25, 0.3) is 0 Å². The van der Waals surface area contributed by atoms with Crippen molar-refractivity contribution in [2.24, 2.45) is 35.0 Å². The molecule has 7 atom stereocenters. The van der Waals surface area contributed by atoms with E-state index in [0.29, 0.717) is 29.1 Å². The van der Waals surface area contributed by atoms with Crippen LogP contribution >= 0.6 is 0 Å². The largest absolute Gasteiger partial charge is 0.340 e. The molecule has 4 unspecified atom stereocenters. The fraction of sp³-hybridized carbons (Fsp3) is 0.923. The van der Waals surface area contributed by atoms with E-state index in [1.165, 1.54) is 19.3 Å². The summed E-state index contributed by atoms with van der Waals surface area (Å²) in [5, 5.41) is 0. The maximum atomic E-state index is 13.5. The molecular formula is C26H44N2O2. The Bertz CT molecular complexity index is 695. The standard InChI is InChI=1S/C26H44N2O2/c1-16(2)28(17(3)4)24(30)18-14-19-8-9-20-21(25(19,5)15-18)12-13-26(6)22(20)10-11-23(29)27(26)7/h16-22H,8-15H2,1-7H3/t18-,19?,20?,21?,22?,25+,26+/m1/s1. The van der Waals surface area contributed by atoms with Gasteiger partial charge in [-0.1, -0.05) is 6.92 Å². The van der Waals surface area contributed by atoms with Crippen LogP contribution < -0.4 is 0 Å². The van der Waals surface area contributed by atoms with Gasteiger partial charge in [0.05, 0.1) is 0 Å². The highest BCUT2D eigenvalue weighted by Gasteiger charge is 2.61. The van der Waals surface area contributed by atoms with Crippen LogP contribution in [0.4, 0.5) is 0 Å². The van der Waals surface area contributed by atoms with Crippen molar-refractivity contribution in [3.63, 3.8) is 0 Å². The molecule has 1 heterocycles. The minimum atomic E-state index is 0.0413. The van der Waals surface area contributed by atoms with Gasteiger partial charge in [-0.2, -0.15) is 0 Å². The molecular weight excluding hydrogens is 372 g/mol. The van der Waals surface area contributed by atoms with Crippen molar-refractivity contribution in [3.8, 4) is 0 Å². The second-order valence-electron chi connectivity index (χ2n) is 12.1. The van der Waals surface area contributed by atoms with Crippen LogP contribution in [-0.4, -0.2) is 46.3 Å². The average Bonchev–Trinajstić information content (AvgIpc) is 3.02. The summed E-state index contributed by atoms with van der Waals surface area (Å²) in [4.78, 5) is 30.2. The molecule has 30 heavy (non-hydrogen) atoms. The zero-order valence-electron chi connectivity index (χ0n) is 20.4. The van der Waals surface area contributed by atoms with Crippen molar-refractivity contribution in [2.45, 2.75) is 111 Å². The highest BCUT2D eigenvalue weighted by Crippen LogP contribution is 2.65. The van der Waals surface area contributed by atoms with E-state index < -0.39 is 0 Å². The summed E-state index contributed by atoms with van der Waals surface area (Å²) in [6.07, 6.45) is 8.88. The lowest BCUT2D eigenvalue weighted by molar-refractivity contribution is -0.158. The number of carbonyl (C=O) groups excluding carboxylic acids is 2. The van der Waals surface area contributed by atoms with Gasteiger partial charge in [-0.15, -0.1) is 0 Å². The number of piperidine rings is 1. The molecule has 0 N–H and O–H groups in total. The molecule has 3 aliphatic carbocycles. The van der Waals surface area contributed by atoms with E-state index in [9.17, 15) is 9.59 Å². The summed E-state index contributed by atoms with van der Waals surface area (Å²) in [5.74, 6) is 3.71. The highest BCUT2D eigenvalue weighted by molar-refractivity contribution is 5.80. The second-order valence-corrected chi connectivity index (χ2v) is 12.1. The smallest absolute Gasteiger partial charge is 0.226 e. The third-order valence-electron chi connectivity index (χ3n) is 10.2.